The van der Waals surface area contributed by atoms with Gasteiger partial charge in [0.2, 0.25) is 0 Å². The van der Waals surface area contributed by atoms with Crippen molar-refractivity contribution < 1.29 is 9.53 Å². The Kier molecular flexibility index (Phi) is 5.69. The number of para-hydroxylation sites is 1. The number of thioether (sulfide) groups is 1. The molecule has 0 heterocycles. The molecule has 0 fully saturated rings. The van der Waals surface area contributed by atoms with Crippen molar-refractivity contribution in [2.45, 2.75) is 17.7 Å². The number of ether oxygens (including phenoxy) is 1. The molecule has 2 aromatic carbocycles. The van der Waals surface area contributed by atoms with E-state index in [0.717, 1.165) is 12.2 Å². The van der Waals surface area contributed by atoms with Crippen molar-refractivity contribution in [2.75, 3.05) is 12.9 Å². The summed E-state index contributed by atoms with van der Waals surface area (Å²) in [6.07, 6.45) is 1.43. The van der Waals surface area contributed by atoms with Gasteiger partial charge in [-0.3, -0.25) is 4.79 Å². The Morgan fingerprint density at radius 3 is 2.50 bits per heavy atom. The van der Waals surface area contributed by atoms with Crippen molar-refractivity contribution in [1.82, 2.24) is 0 Å². The Bertz CT molecular complexity index is 552. The molecule has 0 aliphatic heterocycles. The molecule has 0 saturated carbocycles. The lowest BCUT2D eigenvalue weighted by molar-refractivity contribution is 0.0979. The third-order valence-corrected chi connectivity index (χ3v) is 4.07. The van der Waals surface area contributed by atoms with Gasteiger partial charge in [-0.25, -0.2) is 0 Å². The highest BCUT2D eigenvalue weighted by molar-refractivity contribution is 7.99. The van der Waals surface area contributed by atoms with Crippen LogP contribution < -0.4 is 4.74 Å². The maximum atomic E-state index is 12.1. The molecule has 0 radical (unpaired) electrons. The van der Waals surface area contributed by atoms with Crippen LogP contribution in [0.4, 0.5) is 0 Å². The second-order valence-corrected chi connectivity index (χ2v) is 5.56. The summed E-state index contributed by atoms with van der Waals surface area (Å²) < 4.78 is 5.22. The summed E-state index contributed by atoms with van der Waals surface area (Å²) in [6.45, 7) is 0. The molecule has 0 atom stereocenters. The fraction of sp³-hybridized carbons (Fsp3) is 0.235. The maximum Gasteiger partial charge on any atom is 0.166 e. The van der Waals surface area contributed by atoms with E-state index in [4.69, 9.17) is 4.74 Å². The molecule has 2 nitrogen and oxygen atoms in total. The van der Waals surface area contributed by atoms with Crippen LogP contribution in [0.1, 0.15) is 23.2 Å². The molecule has 0 spiro atoms. The molecule has 2 aromatic rings. The second-order valence-electron chi connectivity index (χ2n) is 4.39. The first-order chi connectivity index (χ1) is 9.81. The van der Waals surface area contributed by atoms with E-state index in [1.807, 2.05) is 42.5 Å². The van der Waals surface area contributed by atoms with E-state index >= 15 is 0 Å². The van der Waals surface area contributed by atoms with Crippen LogP contribution in [0.25, 0.3) is 0 Å². The van der Waals surface area contributed by atoms with Crippen molar-refractivity contribution >= 4 is 17.5 Å². The Morgan fingerprint density at radius 1 is 1.05 bits per heavy atom. The minimum Gasteiger partial charge on any atom is -0.496 e. The lowest BCUT2D eigenvalue weighted by atomic mass is 10.1. The molecule has 0 aliphatic rings. The van der Waals surface area contributed by atoms with Crippen LogP contribution in [0.15, 0.2) is 59.5 Å². The maximum absolute atomic E-state index is 12.1. The molecule has 3 heteroatoms. The van der Waals surface area contributed by atoms with Crippen molar-refractivity contribution in [3.05, 3.63) is 60.2 Å². The van der Waals surface area contributed by atoms with E-state index in [2.05, 4.69) is 12.1 Å². The van der Waals surface area contributed by atoms with Crippen LogP contribution in [0, 0.1) is 0 Å². The smallest absolute Gasteiger partial charge is 0.166 e. The number of ketones is 1. The number of Topliss-reactive ketones (excluding diaryl/α,β-unsaturated/α-hetero) is 1. The average molecular weight is 286 g/mol. The van der Waals surface area contributed by atoms with Crippen molar-refractivity contribution in [2.24, 2.45) is 0 Å². The van der Waals surface area contributed by atoms with Crippen LogP contribution in [-0.4, -0.2) is 18.6 Å². The number of carbonyl (C=O) groups is 1. The normalized spacial score (nSPS) is 10.2. The molecular formula is C17H18O2S. The van der Waals surface area contributed by atoms with Gasteiger partial charge in [-0.2, -0.15) is 0 Å². The quantitative estimate of drug-likeness (QED) is 0.427. The predicted molar refractivity (Wildman–Crippen MR) is 83.7 cm³/mol. The Balaban J connectivity index is 1.81. The van der Waals surface area contributed by atoms with Crippen LogP contribution in [0.5, 0.6) is 5.75 Å². The highest BCUT2D eigenvalue weighted by Gasteiger charge is 2.10. The number of hydrogen-bond acceptors (Lipinski definition) is 3. The zero-order chi connectivity index (χ0) is 14.2. The first-order valence-corrected chi connectivity index (χ1v) is 7.64. The summed E-state index contributed by atoms with van der Waals surface area (Å²) >= 11 is 1.78. The molecule has 0 saturated heterocycles. The van der Waals surface area contributed by atoms with Gasteiger partial charge in [-0.1, -0.05) is 30.3 Å². The minimum atomic E-state index is 0.149. The zero-order valence-electron chi connectivity index (χ0n) is 11.5. The molecule has 0 unspecified atom stereocenters. The first-order valence-electron chi connectivity index (χ1n) is 6.65. The van der Waals surface area contributed by atoms with Gasteiger partial charge in [0, 0.05) is 11.3 Å². The van der Waals surface area contributed by atoms with Gasteiger partial charge in [-0.05, 0) is 36.4 Å². The fourth-order valence-electron chi connectivity index (χ4n) is 1.95. The lowest BCUT2D eigenvalue weighted by Crippen LogP contribution is -2.02. The molecule has 0 amide bonds. The largest absolute Gasteiger partial charge is 0.496 e. The summed E-state index contributed by atoms with van der Waals surface area (Å²) in [4.78, 5) is 13.4. The SMILES string of the molecule is COc1ccccc1C(=O)CCCSc1ccccc1. The van der Waals surface area contributed by atoms with E-state index in [-0.39, 0.29) is 5.78 Å². The summed E-state index contributed by atoms with van der Waals surface area (Å²) in [5.41, 5.74) is 0.680. The van der Waals surface area contributed by atoms with Gasteiger partial charge in [0.25, 0.3) is 0 Å². The van der Waals surface area contributed by atoms with Gasteiger partial charge in [-0.15, -0.1) is 11.8 Å². The summed E-state index contributed by atoms with van der Waals surface area (Å²) in [5.74, 6) is 1.76. The van der Waals surface area contributed by atoms with Crippen molar-refractivity contribution in [1.29, 1.82) is 0 Å². The Labute approximate surface area is 124 Å². The number of benzene rings is 2. The number of rotatable bonds is 7. The molecule has 0 aromatic heterocycles. The Hall–Kier alpha value is -1.74. The third-order valence-electron chi connectivity index (χ3n) is 2.97. The van der Waals surface area contributed by atoms with Crippen LogP contribution in [0.2, 0.25) is 0 Å². The monoisotopic (exact) mass is 286 g/mol. The molecular weight excluding hydrogens is 268 g/mol. The van der Waals surface area contributed by atoms with E-state index in [0.29, 0.717) is 17.7 Å². The molecule has 104 valence electrons. The highest BCUT2D eigenvalue weighted by Crippen LogP contribution is 2.22. The number of methoxy groups -OCH3 is 1. The van der Waals surface area contributed by atoms with E-state index in [9.17, 15) is 4.79 Å². The number of carbonyl (C=O) groups excluding carboxylic acids is 1. The van der Waals surface area contributed by atoms with Gasteiger partial charge in [0.05, 0.1) is 12.7 Å². The Morgan fingerprint density at radius 2 is 1.75 bits per heavy atom. The average Bonchev–Trinajstić information content (AvgIpc) is 2.52. The standard InChI is InChI=1S/C17H18O2S/c1-19-17-12-6-5-10-15(17)16(18)11-7-13-20-14-8-3-2-4-9-14/h2-6,8-10,12H,7,11,13H2,1H3. The first kappa shape index (κ1) is 14.7. The second kappa shape index (κ2) is 7.75. The zero-order valence-corrected chi connectivity index (χ0v) is 12.4. The summed E-state index contributed by atoms with van der Waals surface area (Å²) in [7, 11) is 1.59. The molecule has 0 aliphatic carbocycles. The number of hydrogen-bond donors (Lipinski definition) is 0. The molecule has 0 N–H and O–H groups in total. The molecule has 0 bridgehead atoms. The van der Waals surface area contributed by atoms with Gasteiger partial charge in [0.15, 0.2) is 5.78 Å². The van der Waals surface area contributed by atoms with E-state index < -0.39 is 0 Å². The van der Waals surface area contributed by atoms with E-state index in [1.54, 1.807) is 18.9 Å². The van der Waals surface area contributed by atoms with Crippen LogP contribution in [0.3, 0.4) is 0 Å². The topological polar surface area (TPSA) is 26.3 Å². The fourth-order valence-corrected chi connectivity index (χ4v) is 2.82. The summed E-state index contributed by atoms with van der Waals surface area (Å²) in [6, 6.07) is 17.6. The van der Waals surface area contributed by atoms with Gasteiger partial charge < -0.3 is 4.74 Å². The van der Waals surface area contributed by atoms with Crippen LogP contribution in [-0.2, 0) is 0 Å². The molecule has 2 rings (SSSR count). The third kappa shape index (κ3) is 4.14. The van der Waals surface area contributed by atoms with Gasteiger partial charge in [0.1, 0.15) is 5.75 Å². The lowest BCUT2D eigenvalue weighted by Gasteiger charge is -2.07. The van der Waals surface area contributed by atoms with Crippen LogP contribution >= 0.6 is 11.8 Å². The van der Waals surface area contributed by atoms with Crippen molar-refractivity contribution in [3.63, 3.8) is 0 Å². The minimum absolute atomic E-state index is 0.149. The van der Waals surface area contributed by atoms with E-state index in [1.165, 1.54) is 4.90 Å². The predicted octanol–water partition coefficient (Wildman–Crippen LogP) is 4.45. The highest BCUT2D eigenvalue weighted by atomic mass is 32.2. The van der Waals surface area contributed by atoms with Gasteiger partial charge >= 0.3 is 0 Å². The van der Waals surface area contributed by atoms with Crippen molar-refractivity contribution in [3.8, 4) is 5.75 Å². The molecule has 20 heavy (non-hydrogen) atoms. The summed E-state index contributed by atoms with van der Waals surface area (Å²) in [5, 5.41) is 0.